The molecular formula is C6H11N3O3S. The molecule has 0 aromatic carbocycles. The van der Waals surface area contributed by atoms with Gasteiger partial charge < -0.3 is 9.73 Å². The van der Waals surface area contributed by atoms with Crippen LogP contribution < -0.4 is 5.32 Å². The molecule has 13 heavy (non-hydrogen) atoms. The molecule has 0 spiro atoms. The first-order valence-electron chi connectivity index (χ1n) is 3.65. The predicted octanol–water partition coefficient (Wildman–Crippen LogP) is -0.666. The summed E-state index contributed by atoms with van der Waals surface area (Å²) in [5, 5.41) is 10.0. The van der Waals surface area contributed by atoms with E-state index in [9.17, 15) is 8.42 Å². The quantitative estimate of drug-likeness (QED) is 0.702. The molecule has 6 nitrogen and oxygen atoms in total. The van der Waals surface area contributed by atoms with Gasteiger partial charge in [-0.15, -0.1) is 10.2 Å². The van der Waals surface area contributed by atoms with Gasteiger partial charge in [0, 0.05) is 6.26 Å². The molecule has 0 radical (unpaired) electrons. The predicted molar refractivity (Wildman–Crippen MR) is 45.6 cm³/mol. The van der Waals surface area contributed by atoms with E-state index in [0.717, 1.165) is 6.26 Å². The highest BCUT2D eigenvalue weighted by Crippen LogP contribution is 2.03. The summed E-state index contributed by atoms with van der Waals surface area (Å²) in [6, 6.07) is 0. The topological polar surface area (TPSA) is 85.1 Å². The van der Waals surface area contributed by atoms with E-state index in [2.05, 4.69) is 15.5 Å². The van der Waals surface area contributed by atoms with Crippen LogP contribution in [0.3, 0.4) is 0 Å². The van der Waals surface area contributed by atoms with Crippen molar-refractivity contribution in [1.29, 1.82) is 0 Å². The highest BCUT2D eigenvalue weighted by molar-refractivity contribution is 7.89. The number of nitrogens with one attached hydrogen (secondary N) is 1. The van der Waals surface area contributed by atoms with E-state index in [1.54, 1.807) is 7.05 Å². The molecule has 1 rings (SSSR count). The molecule has 0 fully saturated rings. The maximum Gasteiger partial charge on any atom is 0.231 e. The van der Waals surface area contributed by atoms with Crippen LogP contribution in [0.5, 0.6) is 0 Å². The van der Waals surface area contributed by atoms with E-state index in [4.69, 9.17) is 4.42 Å². The number of nitrogens with zero attached hydrogens (tertiary/aromatic N) is 2. The molecule has 0 aliphatic carbocycles. The van der Waals surface area contributed by atoms with Gasteiger partial charge in [0.05, 0.1) is 6.54 Å². The number of aromatic nitrogens is 2. The summed E-state index contributed by atoms with van der Waals surface area (Å²) in [4.78, 5) is 0. The Bertz CT molecular complexity index is 370. The van der Waals surface area contributed by atoms with Gasteiger partial charge in [0.1, 0.15) is 5.75 Å². The monoisotopic (exact) mass is 205 g/mol. The highest BCUT2D eigenvalue weighted by Gasteiger charge is 2.11. The minimum absolute atomic E-state index is 0.132. The van der Waals surface area contributed by atoms with E-state index in [-0.39, 0.29) is 11.6 Å². The highest BCUT2D eigenvalue weighted by atomic mass is 32.2. The van der Waals surface area contributed by atoms with E-state index in [1.165, 1.54) is 0 Å². The first-order chi connectivity index (χ1) is 6.01. The molecule has 1 aromatic rings. The fourth-order valence-corrected chi connectivity index (χ4v) is 1.36. The number of sulfone groups is 1. The van der Waals surface area contributed by atoms with Gasteiger partial charge in [0.2, 0.25) is 11.8 Å². The van der Waals surface area contributed by atoms with Gasteiger partial charge in [-0.2, -0.15) is 0 Å². The summed E-state index contributed by atoms with van der Waals surface area (Å²) >= 11 is 0. The fourth-order valence-electron chi connectivity index (χ4n) is 0.794. The van der Waals surface area contributed by atoms with Crippen LogP contribution in [0.2, 0.25) is 0 Å². The molecule has 1 heterocycles. The van der Waals surface area contributed by atoms with Crippen molar-refractivity contribution in [2.45, 2.75) is 12.3 Å². The first kappa shape index (κ1) is 10.1. The number of hydrogen-bond donors (Lipinski definition) is 1. The third-order valence-electron chi connectivity index (χ3n) is 1.22. The average Bonchev–Trinajstić information content (AvgIpc) is 2.33. The van der Waals surface area contributed by atoms with Crippen molar-refractivity contribution in [2.24, 2.45) is 0 Å². The molecule has 0 amide bonds. The lowest BCUT2D eigenvalue weighted by molar-refractivity contribution is 0.450. The molecule has 0 aliphatic rings. The molecule has 0 atom stereocenters. The SMILES string of the molecule is CNCc1nnc(CS(C)(=O)=O)o1. The maximum absolute atomic E-state index is 10.8. The standard InChI is InChI=1S/C6H11N3O3S/c1-7-3-5-8-9-6(12-5)4-13(2,10)11/h7H,3-4H2,1-2H3. The summed E-state index contributed by atoms with van der Waals surface area (Å²) in [5.74, 6) is 0.317. The third kappa shape index (κ3) is 3.51. The molecule has 74 valence electrons. The normalized spacial score (nSPS) is 11.8. The smallest absolute Gasteiger partial charge is 0.231 e. The van der Waals surface area contributed by atoms with Crippen molar-refractivity contribution in [3.63, 3.8) is 0 Å². The van der Waals surface area contributed by atoms with E-state index >= 15 is 0 Å². The first-order valence-corrected chi connectivity index (χ1v) is 5.71. The van der Waals surface area contributed by atoms with Crippen molar-refractivity contribution in [3.8, 4) is 0 Å². The minimum Gasteiger partial charge on any atom is -0.423 e. The molecule has 0 aliphatic heterocycles. The Morgan fingerprint density at radius 1 is 1.38 bits per heavy atom. The summed E-state index contributed by atoms with van der Waals surface area (Å²) in [6.45, 7) is 0.441. The van der Waals surface area contributed by atoms with Crippen molar-refractivity contribution >= 4 is 9.84 Å². The molecule has 0 bridgehead atoms. The Hall–Kier alpha value is -0.950. The second-order valence-corrected chi connectivity index (χ2v) is 4.83. The molecule has 0 saturated carbocycles. The molecular weight excluding hydrogens is 194 g/mol. The lowest BCUT2D eigenvalue weighted by atomic mass is 10.6. The van der Waals surface area contributed by atoms with E-state index < -0.39 is 9.84 Å². The van der Waals surface area contributed by atoms with Gasteiger partial charge in [0.25, 0.3) is 0 Å². The van der Waals surface area contributed by atoms with Gasteiger partial charge in [-0.25, -0.2) is 8.42 Å². The second-order valence-electron chi connectivity index (χ2n) is 2.69. The zero-order chi connectivity index (χ0) is 9.90. The molecule has 1 N–H and O–H groups in total. The number of rotatable bonds is 4. The molecule has 0 saturated heterocycles. The fraction of sp³-hybridized carbons (Fsp3) is 0.667. The van der Waals surface area contributed by atoms with Gasteiger partial charge in [0.15, 0.2) is 9.84 Å². The van der Waals surface area contributed by atoms with Crippen molar-refractivity contribution < 1.29 is 12.8 Å². The number of hydrogen-bond acceptors (Lipinski definition) is 6. The van der Waals surface area contributed by atoms with Crippen molar-refractivity contribution in [3.05, 3.63) is 11.8 Å². The molecule has 7 heteroatoms. The summed E-state index contributed by atoms with van der Waals surface area (Å²) in [5.41, 5.74) is 0. The van der Waals surface area contributed by atoms with Crippen LogP contribution >= 0.6 is 0 Å². The van der Waals surface area contributed by atoms with Gasteiger partial charge >= 0.3 is 0 Å². The Balaban J connectivity index is 2.69. The lowest BCUT2D eigenvalue weighted by Crippen LogP contribution is -2.04. The van der Waals surface area contributed by atoms with Gasteiger partial charge in [-0.1, -0.05) is 0 Å². The van der Waals surface area contributed by atoms with E-state index in [1.807, 2.05) is 0 Å². The minimum atomic E-state index is -3.10. The van der Waals surface area contributed by atoms with Crippen LogP contribution in [0.25, 0.3) is 0 Å². The molecule has 0 unspecified atom stereocenters. The average molecular weight is 205 g/mol. The maximum atomic E-state index is 10.8. The zero-order valence-electron chi connectivity index (χ0n) is 7.44. The van der Waals surface area contributed by atoms with Crippen LogP contribution in [0, 0.1) is 0 Å². The Morgan fingerprint density at radius 2 is 2.00 bits per heavy atom. The summed E-state index contributed by atoms with van der Waals surface area (Å²) in [7, 11) is -1.36. The van der Waals surface area contributed by atoms with Gasteiger partial charge in [-0.05, 0) is 7.05 Å². The van der Waals surface area contributed by atoms with Crippen LogP contribution in [0.15, 0.2) is 4.42 Å². The van der Waals surface area contributed by atoms with Crippen LogP contribution in [-0.4, -0.2) is 31.9 Å². The van der Waals surface area contributed by atoms with E-state index in [0.29, 0.717) is 12.4 Å². The second kappa shape index (κ2) is 3.84. The van der Waals surface area contributed by atoms with Crippen molar-refractivity contribution in [1.82, 2.24) is 15.5 Å². The largest absolute Gasteiger partial charge is 0.423 e. The Labute approximate surface area is 76.3 Å². The summed E-state index contributed by atoms with van der Waals surface area (Å²) < 4.78 is 26.7. The van der Waals surface area contributed by atoms with Gasteiger partial charge in [-0.3, -0.25) is 0 Å². The lowest BCUT2D eigenvalue weighted by Gasteiger charge is -1.91. The Kier molecular flexibility index (Phi) is 2.99. The Morgan fingerprint density at radius 3 is 2.54 bits per heavy atom. The van der Waals surface area contributed by atoms with Crippen LogP contribution in [-0.2, 0) is 22.1 Å². The van der Waals surface area contributed by atoms with Crippen molar-refractivity contribution in [2.75, 3.05) is 13.3 Å². The zero-order valence-corrected chi connectivity index (χ0v) is 8.26. The molecule has 1 aromatic heterocycles. The third-order valence-corrected chi connectivity index (χ3v) is 1.99. The summed E-state index contributed by atoms with van der Waals surface area (Å²) in [6.07, 6.45) is 1.12. The van der Waals surface area contributed by atoms with Crippen LogP contribution in [0.1, 0.15) is 11.8 Å². The van der Waals surface area contributed by atoms with Crippen LogP contribution in [0.4, 0.5) is 0 Å².